The highest BCUT2D eigenvalue weighted by atomic mass is 16.4. The Morgan fingerprint density at radius 2 is 0.889 bits per heavy atom. The van der Waals surface area contributed by atoms with Gasteiger partial charge in [-0.25, -0.2) is 0 Å². The van der Waals surface area contributed by atoms with Gasteiger partial charge in [-0.3, -0.25) is 9.59 Å². The monoisotopic (exact) mass is 264 g/mol. The molecule has 0 radical (unpaired) electrons. The molecule has 0 amide bonds. The number of aliphatic carboxylic acids is 2. The van der Waals surface area contributed by atoms with E-state index in [1.165, 1.54) is 12.8 Å². The van der Waals surface area contributed by atoms with Gasteiger partial charge in [0.05, 0.1) is 12.8 Å². The largest absolute Gasteiger partial charge is 0.481 e. The summed E-state index contributed by atoms with van der Waals surface area (Å²) >= 11 is 0. The second-order valence-corrected chi connectivity index (χ2v) is 3.86. The van der Waals surface area contributed by atoms with Gasteiger partial charge in [0.15, 0.2) is 0 Å². The average Bonchev–Trinajstić information content (AvgIpc) is 2.32. The van der Waals surface area contributed by atoms with E-state index >= 15 is 0 Å². The smallest absolute Gasteiger partial charge is 0.303 e. The number of carbonyl (C=O) groups is 2. The van der Waals surface area contributed by atoms with Crippen molar-refractivity contribution in [2.24, 2.45) is 0 Å². The molecular formula is C12H24O6. The van der Waals surface area contributed by atoms with Gasteiger partial charge in [0.1, 0.15) is 0 Å². The van der Waals surface area contributed by atoms with Gasteiger partial charge in [-0.05, 0) is 12.8 Å². The Morgan fingerprint density at radius 3 is 1.11 bits per heavy atom. The number of hydrogen-bond acceptors (Lipinski definition) is 4. The maximum atomic E-state index is 9.64. The lowest BCUT2D eigenvalue weighted by molar-refractivity contribution is -0.143. The van der Waals surface area contributed by atoms with E-state index in [1.807, 2.05) is 0 Å². The first-order valence-corrected chi connectivity index (χ1v) is 6.20. The molecule has 0 atom stereocenters. The first kappa shape index (κ1) is 19.2. The van der Waals surface area contributed by atoms with Crippen molar-refractivity contribution >= 4 is 11.9 Å². The summed E-state index contributed by atoms with van der Waals surface area (Å²) < 4.78 is 0. The Labute approximate surface area is 107 Å². The summed E-state index contributed by atoms with van der Waals surface area (Å²) in [4.78, 5) is 19.3. The summed E-state index contributed by atoms with van der Waals surface area (Å²) in [6.45, 7) is 0.639. The molecule has 0 spiro atoms. The predicted molar refractivity (Wildman–Crippen MR) is 66.4 cm³/mol. The van der Waals surface area contributed by atoms with Crippen LogP contribution in [0.3, 0.4) is 0 Å². The molecule has 0 saturated carbocycles. The molecule has 0 aliphatic heterocycles. The van der Waals surface area contributed by atoms with Crippen molar-refractivity contribution in [1.29, 1.82) is 0 Å². The van der Waals surface area contributed by atoms with Gasteiger partial charge in [-0.15, -0.1) is 0 Å². The molecule has 6 nitrogen and oxygen atoms in total. The molecule has 0 aromatic rings. The van der Waals surface area contributed by atoms with Crippen molar-refractivity contribution in [3.05, 3.63) is 0 Å². The molecule has 6 heteroatoms. The van der Waals surface area contributed by atoms with Crippen molar-refractivity contribution in [1.82, 2.24) is 0 Å². The Bertz CT molecular complexity index is 183. The van der Waals surface area contributed by atoms with Crippen molar-refractivity contribution < 1.29 is 30.0 Å². The van der Waals surface area contributed by atoms with Crippen LogP contribution < -0.4 is 0 Å². The zero-order valence-electron chi connectivity index (χ0n) is 10.7. The van der Waals surface area contributed by atoms with Crippen LogP contribution in [0, 0.1) is 0 Å². The summed E-state index contributed by atoms with van der Waals surface area (Å²) in [7, 11) is 0. The predicted octanol–water partition coefficient (Wildman–Crippen LogP) is 1.25. The van der Waals surface area contributed by atoms with E-state index in [-0.39, 0.29) is 12.8 Å². The highest BCUT2D eigenvalue weighted by Gasteiger charge is 2.00. The summed E-state index contributed by atoms with van der Waals surface area (Å²) in [5.74, 6) is -2.15. The lowest BCUT2D eigenvalue weighted by Crippen LogP contribution is -2.00. The molecule has 0 bridgehead atoms. The molecule has 0 rings (SSSR count). The molecule has 4 N–H and O–H groups in total. The summed E-state index contributed by atoms with van der Waals surface area (Å²) in [6.07, 6.45) is 5.91. The van der Waals surface area contributed by atoms with E-state index < -0.39 is 11.9 Å². The first-order valence-electron chi connectivity index (χ1n) is 6.20. The van der Waals surface area contributed by atoms with Gasteiger partial charge < -0.3 is 20.4 Å². The zero-order chi connectivity index (χ0) is 14.2. The van der Waals surface area contributed by atoms with Crippen LogP contribution in [-0.4, -0.2) is 45.6 Å². The topological polar surface area (TPSA) is 115 Å². The Kier molecular flexibility index (Phi) is 16.9. The van der Waals surface area contributed by atoms with Crippen LogP contribution in [0.2, 0.25) is 0 Å². The summed E-state index contributed by atoms with van der Waals surface area (Å²) in [6, 6.07) is 0. The first-order chi connectivity index (χ1) is 8.54. The molecule has 18 heavy (non-hydrogen) atoms. The van der Waals surface area contributed by atoms with E-state index in [9.17, 15) is 9.59 Å². The minimum absolute atomic E-state index is 0.296. The highest BCUT2D eigenvalue weighted by Crippen LogP contribution is 2.03. The maximum Gasteiger partial charge on any atom is 0.303 e. The van der Waals surface area contributed by atoms with Gasteiger partial charge in [-0.1, -0.05) is 25.7 Å². The lowest BCUT2D eigenvalue weighted by atomic mass is 10.1. The number of carboxylic acid groups (broad SMARTS) is 2. The number of hydrogen-bond donors (Lipinski definition) is 4. The molecule has 0 saturated heterocycles. The van der Waals surface area contributed by atoms with Crippen molar-refractivity contribution in [3.8, 4) is 0 Å². The normalized spacial score (nSPS) is 9.44. The third-order valence-corrected chi connectivity index (χ3v) is 2.12. The van der Waals surface area contributed by atoms with Crippen LogP contribution >= 0.6 is 0 Å². The van der Waals surface area contributed by atoms with Crippen LogP contribution in [0.1, 0.15) is 51.4 Å². The van der Waals surface area contributed by atoms with Crippen molar-refractivity contribution in [3.63, 3.8) is 0 Å². The second-order valence-electron chi connectivity index (χ2n) is 3.86. The number of rotatable bonds is 10. The standard InChI is InChI=1S/C8H18O2.C4H6O4/c9-7-5-3-1-2-4-6-8-10;5-3(6)1-2-4(7)8/h9-10H,1-8H2;1-2H2,(H,5,6)(H,7,8). The summed E-state index contributed by atoms with van der Waals surface area (Å²) in [5, 5.41) is 32.7. The number of aliphatic hydroxyl groups excluding tert-OH is 2. The van der Waals surface area contributed by atoms with Gasteiger partial charge in [0, 0.05) is 13.2 Å². The van der Waals surface area contributed by atoms with Crippen LogP contribution in [0.4, 0.5) is 0 Å². The van der Waals surface area contributed by atoms with E-state index in [2.05, 4.69) is 0 Å². The quantitative estimate of drug-likeness (QED) is 0.441. The third kappa shape index (κ3) is 24.2. The molecule has 0 fully saturated rings. The van der Waals surface area contributed by atoms with Gasteiger partial charge in [0.2, 0.25) is 0 Å². The van der Waals surface area contributed by atoms with Crippen LogP contribution in [0.15, 0.2) is 0 Å². The molecule has 0 unspecified atom stereocenters. The van der Waals surface area contributed by atoms with Crippen molar-refractivity contribution in [2.75, 3.05) is 13.2 Å². The number of unbranched alkanes of at least 4 members (excludes halogenated alkanes) is 5. The Balaban J connectivity index is 0. The van der Waals surface area contributed by atoms with Gasteiger partial charge in [0.25, 0.3) is 0 Å². The van der Waals surface area contributed by atoms with E-state index in [0.717, 1.165) is 25.7 Å². The fourth-order valence-electron chi connectivity index (χ4n) is 1.14. The van der Waals surface area contributed by atoms with Crippen molar-refractivity contribution in [2.45, 2.75) is 51.4 Å². The van der Waals surface area contributed by atoms with E-state index in [1.54, 1.807) is 0 Å². The van der Waals surface area contributed by atoms with Crippen LogP contribution in [0.25, 0.3) is 0 Å². The second kappa shape index (κ2) is 15.9. The fourth-order valence-corrected chi connectivity index (χ4v) is 1.14. The van der Waals surface area contributed by atoms with Gasteiger partial charge >= 0.3 is 11.9 Å². The minimum atomic E-state index is -1.08. The fraction of sp³-hybridized carbons (Fsp3) is 0.833. The summed E-state index contributed by atoms with van der Waals surface area (Å²) in [5.41, 5.74) is 0. The molecular weight excluding hydrogens is 240 g/mol. The van der Waals surface area contributed by atoms with Gasteiger partial charge in [-0.2, -0.15) is 0 Å². The van der Waals surface area contributed by atoms with Crippen LogP contribution in [0.5, 0.6) is 0 Å². The van der Waals surface area contributed by atoms with E-state index in [4.69, 9.17) is 20.4 Å². The molecule has 0 aromatic carbocycles. The SMILES string of the molecule is O=C(O)CCC(=O)O.OCCCCCCCCO. The molecule has 0 aliphatic rings. The molecule has 0 aromatic heterocycles. The Hall–Kier alpha value is -1.14. The number of aliphatic hydroxyl groups is 2. The van der Waals surface area contributed by atoms with Crippen LogP contribution in [-0.2, 0) is 9.59 Å². The zero-order valence-corrected chi connectivity index (χ0v) is 10.7. The highest BCUT2D eigenvalue weighted by molar-refractivity contribution is 5.75. The average molecular weight is 264 g/mol. The molecule has 108 valence electrons. The lowest BCUT2D eigenvalue weighted by Gasteiger charge is -1.97. The Morgan fingerprint density at radius 1 is 0.611 bits per heavy atom. The molecule has 0 heterocycles. The number of carboxylic acids is 2. The third-order valence-electron chi connectivity index (χ3n) is 2.12. The maximum absolute atomic E-state index is 9.64. The molecule has 0 aliphatic carbocycles. The van der Waals surface area contributed by atoms with E-state index in [0.29, 0.717) is 13.2 Å². The minimum Gasteiger partial charge on any atom is -0.481 e.